The molecule has 2 rings (SSSR count). The van der Waals surface area contributed by atoms with Crippen LogP contribution in [0.3, 0.4) is 0 Å². The largest absolute Gasteiger partial charge is 0.391 e. The highest BCUT2D eigenvalue weighted by atomic mass is 35.5. The SMILES string of the molecule is CC(C)(C)c1ccc(C2=NOC(CCl)C2)cc1. The zero-order valence-electron chi connectivity index (χ0n) is 10.5. The van der Waals surface area contributed by atoms with Crippen molar-refractivity contribution in [3.05, 3.63) is 35.4 Å². The molecule has 2 nitrogen and oxygen atoms in total. The summed E-state index contributed by atoms with van der Waals surface area (Å²) in [4.78, 5) is 5.22. The lowest BCUT2D eigenvalue weighted by Crippen LogP contribution is -2.12. The standard InChI is InChI=1S/C14H18ClNO/c1-14(2,3)11-6-4-10(5-7-11)13-8-12(9-15)17-16-13/h4-7,12H,8-9H2,1-3H3. The van der Waals surface area contributed by atoms with Gasteiger partial charge in [-0.05, 0) is 16.5 Å². The van der Waals surface area contributed by atoms with Crippen LogP contribution in [-0.4, -0.2) is 17.7 Å². The Bertz CT molecular complexity index is 417. The van der Waals surface area contributed by atoms with E-state index < -0.39 is 0 Å². The van der Waals surface area contributed by atoms with Gasteiger partial charge in [0.15, 0.2) is 0 Å². The molecular formula is C14H18ClNO. The lowest BCUT2D eigenvalue weighted by Gasteiger charge is -2.19. The third-order valence-corrected chi connectivity index (χ3v) is 3.33. The maximum Gasteiger partial charge on any atom is 0.146 e. The van der Waals surface area contributed by atoms with Gasteiger partial charge in [0.05, 0.1) is 11.6 Å². The van der Waals surface area contributed by atoms with Crippen LogP contribution >= 0.6 is 11.6 Å². The molecule has 0 aliphatic carbocycles. The topological polar surface area (TPSA) is 21.6 Å². The van der Waals surface area contributed by atoms with E-state index in [1.54, 1.807) is 0 Å². The van der Waals surface area contributed by atoms with Crippen molar-refractivity contribution in [3.8, 4) is 0 Å². The number of hydrogen-bond acceptors (Lipinski definition) is 2. The molecule has 1 heterocycles. The predicted molar refractivity (Wildman–Crippen MR) is 71.9 cm³/mol. The van der Waals surface area contributed by atoms with Gasteiger partial charge in [0.1, 0.15) is 6.10 Å². The summed E-state index contributed by atoms with van der Waals surface area (Å²) < 4.78 is 0. The molecule has 0 radical (unpaired) electrons. The first-order valence-electron chi connectivity index (χ1n) is 5.90. The Hall–Kier alpha value is -1.02. The highest BCUT2D eigenvalue weighted by molar-refractivity contribution is 6.18. The van der Waals surface area contributed by atoms with E-state index in [2.05, 4.69) is 50.2 Å². The summed E-state index contributed by atoms with van der Waals surface area (Å²) >= 11 is 5.75. The Labute approximate surface area is 108 Å². The van der Waals surface area contributed by atoms with Crippen molar-refractivity contribution in [2.75, 3.05) is 5.88 Å². The number of hydrogen-bond donors (Lipinski definition) is 0. The van der Waals surface area contributed by atoms with Crippen LogP contribution in [0.15, 0.2) is 29.4 Å². The van der Waals surface area contributed by atoms with Gasteiger partial charge >= 0.3 is 0 Å². The lowest BCUT2D eigenvalue weighted by atomic mass is 9.86. The summed E-state index contributed by atoms with van der Waals surface area (Å²) in [5.41, 5.74) is 3.64. The van der Waals surface area contributed by atoms with Crippen LogP contribution in [0.4, 0.5) is 0 Å². The Morgan fingerprint density at radius 2 is 1.94 bits per heavy atom. The molecule has 0 saturated heterocycles. The first kappa shape index (κ1) is 12.4. The molecule has 0 amide bonds. The minimum Gasteiger partial charge on any atom is -0.391 e. The third-order valence-electron chi connectivity index (χ3n) is 2.99. The predicted octanol–water partition coefficient (Wildman–Crippen LogP) is 3.72. The molecule has 0 aromatic heterocycles. The van der Waals surface area contributed by atoms with Gasteiger partial charge in [0.25, 0.3) is 0 Å². The quantitative estimate of drug-likeness (QED) is 0.735. The first-order valence-corrected chi connectivity index (χ1v) is 6.44. The molecule has 1 unspecified atom stereocenters. The van der Waals surface area contributed by atoms with Gasteiger partial charge in [-0.25, -0.2) is 0 Å². The number of benzene rings is 1. The van der Waals surface area contributed by atoms with Crippen molar-refractivity contribution in [1.29, 1.82) is 0 Å². The summed E-state index contributed by atoms with van der Waals surface area (Å²) in [6.07, 6.45) is 0.840. The number of halogens is 1. The highest BCUT2D eigenvalue weighted by Crippen LogP contribution is 2.24. The molecule has 17 heavy (non-hydrogen) atoms. The average Bonchev–Trinajstić information content (AvgIpc) is 2.76. The van der Waals surface area contributed by atoms with E-state index >= 15 is 0 Å². The van der Waals surface area contributed by atoms with Crippen molar-refractivity contribution >= 4 is 17.3 Å². The van der Waals surface area contributed by atoms with Crippen molar-refractivity contribution < 1.29 is 4.84 Å². The summed E-state index contributed by atoms with van der Waals surface area (Å²) in [5.74, 6) is 0.493. The molecule has 0 fully saturated rings. The summed E-state index contributed by atoms with van der Waals surface area (Å²) in [5, 5.41) is 4.08. The Morgan fingerprint density at radius 1 is 1.29 bits per heavy atom. The minimum atomic E-state index is 0.0361. The van der Waals surface area contributed by atoms with E-state index in [1.165, 1.54) is 5.56 Å². The van der Waals surface area contributed by atoms with Gasteiger partial charge in [-0.2, -0.15) is 0 Å². The monoisotopic (exact) mass is 251 g/mol. The lowest BCUT2D eigenvalue weighted by molar-refractivity contribution is 0.102. The molecule has 3 heteroatoms. The van der Waals surface area contributed by atoms with Crippen LogP contribution in [0.2, 0.25) is 0 Å². The number of rotatable bonds is 2. The van der Waals surface area contributed by atoms with Crippen LogP contribution in [0.5, 0.6) is 0 Å². The summed E-state index contributed by atoms with van der Waals surface area (Å²) in [7, 11) is 0. The zero-order chi connectivity index (χ0) is 12.5. The average molecular weight is 252 g/mol. The van der Waals surface area contributed by atoms with E-state index in [0.717, 1.165) is 17.7 Å². The Morgan fingerprint density at radius 3 is 2.41 bits per heavy atom. The molecule has 1 aromatic carbocycles. The number of oxime groups is 1. The maximum absolute atomic E-state index is 5.75. The van der Waals surface area contributed by atoms with Crippen molar-refractivity contribution in [1.82, 2.24) is 0 Å². The fourth-order valence-corrected chi connectivity index (χ4v) is 2.01. The van der Waals surface area contributed by atoms with Crippen LogP contribution in [-0.2, 0) is 10.3 Å². The van der Waals surface area contributed by atoms with E-state index in [0.29, 0.717) is 5.88 Å². The zero-order valence-corrected chi connectivity index (χ0v) is 11.3. The van der Waals surface area contributed by atoms with Crippen LogP contribution < -0.4 is 0 Å². The van der Waals surface area contributed by atoms with Gasteiger partial charge in [-0.15, -0.1) is 11.6 Å². The van der Waals surface area contributed by atoms with Crippen molar-refractivity contribution in [2.45, 2.75) is 38.7 Å². The van der Waals surface area contributed by atoms with Gasteiger partial charge in [-0.1, -0.05) is 50.2 Å². The van der Waals surface area contributed by atoms with Crippen molar-refractivity contribution in [2.24, 2.45) is 5.16 Å². The Kier molecular flexibility index (Phi) is 3.43. The second kappa shape index (κ2) is 4.69. The van der Waals surface area contributed by atoms with E-state index in [-0.39, 0.29) is 11.5 Å². The molecule has 1 atom stereocenters. The minimum absolute atomic E-state index is 0.0361. The maximum atomic E-state index is 5.75. The fraction of sp³-hybridized carbons (Fsp3) is 0.500. The van der Waals surface area contributed by atoms with Crippen LogP contribution in [0, 0.1) is 0 Å². The third kappa shape index (κ3) is 2.81. The molecule has 1 aliphatic heterocycles. The van der Waals surface area contributed by atoms with Gasteiger partial charge in [-0.3, -0.25) is 0 Å². The molecule has 92 valence electrons. The normalized spacial score (nSPS) is 20.0. The second-order valence-corrected chi connectivity index (χ2v) is 5.76. The molecule has 0 N–H and O–H groups in total. The summed E-state index contributed by atoms with van der Waals surface area (Å²) in [6, 6.07) is 8.54. The number of nitrogens with zero attached hydrogens (tertiary/aromatic N) is 1. The molecule has 0 bridgehead atoms. The van der Waals surface area contributed by atoms with E-state index in [4.69, 9.17) is 16.4 Å². The Balaban J connectivity index is 2.14. The van der Waals surface area contributed by atoms with Crippen molar-refractivity contribution in [3.63, 3.8) is 0 Å². The van der Waals surface area contributed by atoms with Crippen LogP contribution in [0.25, 0.3) is 0 Å². The van der Waals surface area contributed by atoms with Gasteiger partial charge in [0.2, 0.25) is 0 Å². The van der Waals surface area contributed by atoms with E-state index in [1.807, 2.05) is 0 Å². The van der Waals surface area contributed by atoms with Crippen LogP contribution in [0.1, 0.15) is 38.3 Å². The molecule has 0 saturated carbocycles. The van der Waals surface area contributed by atoms with E-state index in [9.17, 15) is 0 Å². The second-order valence-electron chi connectivity index (χ2n) is 5.45. The highest BCUT2D eigenvalue weighted by Gasteiger charge is 2.21. The fourth-order valence-electron chi connectivity index (χ4n) is 1.84. The molecule has 0 spiro atoms. The first-order chi connectivity index (χ1) is 8.00. The molecular weight excluding hydrogens is 234 g/mol. The molecule has 1 aliphatic rings. The molecule has 1 aromatic rings. The van der Waals surface area contributed by atoms with Gasteiger partial charge in [0, 0.05) is 6.42 Å². The number of alkyl halides is 1. The summed E-state index contributed by atoms with van der Waals surface area (Å²) in [6.45, 7) is 6.63. The smallest absolute Gasteiger partial charge is 0.146 e. The van der Waals surface area contributed by atoms with Gasteiger partial charge < -0.3 is 4.84 Å².